The van der Waals surface area contributed by atoms with Gasteiger partial charge in [0.15, 0.2) is 0 Å². The number of carbonyl (C=O) groups is 2. The molecule has 2 unspecified atom stereocenters. The number of aromatic nitrogens is 2. The third-order valence-corrected chi connectivity index (χ3v) is 6.15. The Hall–Kier alpha value is -2.74. The monoisotopic (exact) mass is 398 g/mol. The third-order valence-electron chi connectivity index (χ3n) is 6.15. The molecule has 8 heteroatoms. The molecule has 0 radical (unpaired) electrons. The zero-order valence-electron chi connectivity index (χ0n) is 16.0. The molecule has 4 heterocycles. The van der Waals surface area contributed by atoms with E-state index in [1.165, 1.54) is 6.07 Å². The van der Waals surface area contributed by atoms with E-state index >= 15 is 0 Å². The number of fused-ring (bicyclic) bond motifs is 2. The maximum atomic E-state index is 13.4. The summed E-state index contributed by atoms with van der Waals surface area (Å²) in [5.74, 6) is 0.324. The van der Waals surface area contributed by atoms with Crippen molar-refractivity contribution < 1.29 is 18.7 Å². The fourth-order valence-corrected chi connectivity index (χ4v) is 4.94. The van der Waals surface area contributed by atoms with Crippen LogP contribution in [0.15, 0.2) is 36.7 Å². The molecule has 1 spiro atoms. The van der Waals surface area contributed by atoms with Gasteiger partial charge >= 0.3 is 5.97 Å². The summed E-state index contributed by atoms with van der Waals surface area (Å²) in [5, 5.41) is 3.10. The number of benzene rings is 1. The maximum Gasteiger partial charge on any atom is 0.306 e. The Morgan fingerprint density at radius 2 is 2.24 bits per heavy atom. The minimum Gasteiger partial charge on any atom is -0.465 e. The number of nitrogens with zero attached hydrogens (tertiary/aromatic N) is 3. The predicted molar refractivity (Wildman–Crippen MR) is 101 cm³/mol. The molecule has 0 bridgehead atoms. The first-order chi connectivity index (χ1) is 14.0. The van der Waals surface area contributed by atoms with Gasteiger partial charge in [-0.25, -0.2) is 9.37 Å². The van der Waals surface area contributed by atoms with E-state index in [0.29, 0.717) is 26.0 Å². The summed E-state index contributed by atoms with van der Waals surface area (Å²) in [6, 6.07) is 6.57. The molecule has 3 aliphatic rings. The van der Waals surface area contributed by atoms with Crippen LogP contribution in [0.4, 0.5) is 4.39 Å². The zero-order chi connectivity index (χ0) is 20.0. The second-order valence-corrected chi connectivity index (χ2v) is 8.44. The smallest absolute Gasteiger partial charge is 0.306 e. The Kier molecular flexibility index (Phi) is 4.38. The number of hydrogen-bond acceptors (Lipinski definition) is 5. The average molecular weight is 398 g/mol. The summed E-state index contributed by atoms with van der Waals surface area (Å²) < 4.78 is 20.6. The first-order valence-corrected chi connectivity index (χ1v) is 9.96. The van der Waals surface area contributed by atoms with Crippen molar-refractivity contribution in [3.05, 3.63) is 53.9 Å². The molecule has 1 amide bonds. The predicted octanol–water partition coefficient (Wildman–Crippen LogP) is 1.75. The van der Waals surface area contributed by atoms with Crippen molar-refractivity contribution in [3.63, 3.8) is 0 Å². The molecule has 2 aromatic rings. The molecular formula is C21H23FN4O3. The second kappa shape index (κ2) is 6.95. The first-order valence-electron chi connectivity index (χ1n) is 9.96. The van der Waals surface area contributed by atoms with E-state index in [0.717, 1.165) is 30.9 Å². The Morgan fingerprint density at radius 1 is 1.38 bits per heavy atom. The van der Waals surface area contributed by atoms with Crippen LogP contribution in [0.5, 0.6) is 0 Å². The number of halogens is 1. The topological polar surface area (TPSA) is 76.5 Å². The first kappa shape index (κ1) is 18.3. The fraction of sp³-hybridized carbons (Fsp3) is 0.476. The summed E-state index contributed by atoms with van der Waals surface area (Å²) >= 11 is 0. The number of hydrogen-bond donors (Lipinski definition) is 1. The molecule has 2 fully saturated rings. The maximum absolute atomic E-state index is 13.4. The number of esters is 1. The lowest BCUT2D eigenvalue weighted by Crippen LogP contribution is -2.60. The molecule has 29 heavy (non-hydrogen) atoms. The lowest BCUT2D eigenvalue weighted by atomic mass is 9.85. The van der Waals surface area contributed by atoms with E-state index in [2.05, 4.69) is 19.8 Å². The highest BCUT2D eigenvalue weighted by atomic mass is 19.1. The molecule has 1 N–H and O–H groups in total. The van der Waals surface area contributed by atoms with E-state index in [9.17, 15) is 14.0 Å². The van der Waals surface area contributed by atoms with Crippen molar-refractivity contribution in [2.45, 2.75) is 37.4 Å². The number of rotatable bonds is 5. The lowest BCUT2D eigenvalue weighted by Gasteiger charge is -2.49. The molecule has 152 valence electrons. The van der Waals surface area contributed by atoms with E-state index in [-0.39, 0.29) is 35.2 Å². The largest absolute Gasteiger partial charge is 0.465 e. The van der Waals surface area contributed by atoms with E-state index in [1.54, 1.807) is 18.3 Å². The molecule has 0 saturated carbocycles. The van der Waals surface area contributed by atoms with Crippen LogP contribution >= 0.6 is 0 Å². The summed E-state index contributed by atoms with van der Waals surface area (Å²) in [7, 11) is 0. The van der Waals surface area contributed by atoms with E-state index < -0.39 is 0 Å². The molecular weight excluding hydrogens is 375 g/mol. The standard InChI is InChI=1S/C21H23FN4O3/c22-16-3-1-2-14(6-16)10-25-12-21(13-25)9-17(20-23-4-5-26(20)21)24-18(27)7-15-8-19(28)29-11-15/h1-6,15,17H,7-13H2,(H,24,27). The lowest BCUT2D eigenvalue weighted by molar-refractivity contribution is -0.138. The normalized spacial score (nSPS) is 24.9. The van der Waals surface area contributed by atoms with Gasteiger partial charge in [0.05, 0.1) is 24.6 Å². The van der Waals surface area contributed by atoms with Gasteiger partial charge in [-0.1, -0.05) is 12.1 Å². The van der Waals surface area contributed by atoms with Gasteiger partial charge in [0, 0.05) is 50.8 Å². The van der Waals surface area contributed by atoms with E-state index in [1.807, 2.05) is 12.3 Å². The molecule has 5 rings (SSSR count). The summed E-state index contributed by atoms with van der Waals surface area (Å²) in [4.78, 5) is 30.5. The molecule has 1 aromatic heterocycles. The van der Waals surface area contributed by atoms with Crippen molar-refractivity contribution in [2.75, 3.05) is 19.7 Å². The number of imidazole rings is 1. The quantitative estimate of drug-likeness (QED) is 0.777. The summed E-state index contributed by atoms with van der Waals surface area (Å²) in [6.07, 6.45) is 5.15. The zero-order valence-corrected chi connectivity index (χ0v) is 16.0. The van der Waals surface area contributed by atoms with Crippen molar-refractivity contribution in [1.29, 1.82) is 0 Å². The molecule has 2 saturated heterocycles. The van der Waals surface area contributed by atoms with Gasteiger partial charge in [-0.2, -0.15) is 0 Å². The van der Waals surface area contributed by atoms with Gasteiger partial charge < -0.3 is 14.6 Å². The molecule has 3 aliphatic heterocycles. The van der Waals surface area contributed by atoms with Gasteiger partial charge in [-0.15, -0.1) is 0 Å². The number of likely N-dealkylation sites (tertiary alicyclic amines) is 1. The number of ether oxygens (including phenoxy) is 1. The fourth-order valence-electron chi connectivity index (χ4n) is 4.94. The van der Waals surface area contributed by atoms with Gasteiger partial charge in [0.1, 0.15) is 11.6 Å². The van der Waals surface area contributed by atoms with Crippen LogP contribution in [0, 0.1) is 11.7 Å². The van der Waals surface area contributed by atoms with Crippen LogP contribution in [-0.2, 0) is 26.4 Å². The number of cyclic esters (lactones) is 1. The highest BCUT2D eigenvalue weighted by Gasteiger charge is 2.52. The van der Waals surface area contributed by atoms with Crippen molar-refractivity contribution in [1.82, 2.24) is 19.8 Å². The minimum atomic E-state index is -0.231. The molecule has 2 atom stereocenters. The number of amides is 1. The van der Waals surface area contributed by atoms with Crippen LogP contribution in [0.1, 0.15) is 36.7 Å². The minimum absolute atomic E-state index is 0.0388. The van der Waals surface area contributed by atoms with Crippen LogP contribution < -0.4 is 5.32 Å². The Balaban J connectivity index is 1.21. The molecule has 1 aromatic carbocycles. The van der Waals surface area contributed by atoms with Gasteiger partial charge in [-0.05, 0) is 17.7 Å². The Labute approximate surface area is 167 Å². The molecule has 7 nitrogen and oxygen atoms in total. The number of nitrogens with one attached hydrogen (secondary N) is 1. The van der Waals surface area contributed by atoms with Crippen molar-refractivity contribution >= 4 is 11.9 Å². The van der Waals surface area contributed by atoms with Gasteiger partial charge in [0.2, 0.25) is 5.91 Å². The van der Waals surface area contributed by atoms with Gasteiger partial charge in [-0.3, -0.25) is 14.5 Å². The third kappa shape index (κ3) is 3.42. The Morgan fingerprint density at radius 3 is 3.00 bits per heavy atom. The second-order valence-electron chi connectivity index (χ2n) is 8.44. The van der Waals surface area contributed by atoms with Crippen molar-refractivity contribution in [3.8, 4) is 0 Å². The summed E-state index contributed by atoms with van der Waals surface area (Å²) in [5.41, 5.74) is 0.880. The highest BCUT2D eigenvalue weighted by Crippen LogP contribution is 2.44. The number of carbonyl (C=O) groups excluding carboxylic acids is 2. The highest BCUT2D eigenvalue weighted by molar-refractivity contribution is 5.79. The Bertz CT molecular complexity index is 953. The van der Waals surface area contributed by atoms with Crippen LogP contribution in [0.3, 0.4) is 0 Å². The summed E-state index contributed by atoms with van der Waals surface area (Å²) in [6.45, 7) is 2.70. The van der Waals surface area contributed by atoms with Gasteiger partial charge in [0.25, 0.3) is 0 Å². The van der Waals surface area contributed by atoms with Crippen LogP contribution in [0.2, 0.25) is 0 Å². The SMILES string of the molecule is O=C(CC1COC(=O)C1)NC1CC2(CN(Cc3cccc(F)c3)C2)n2ccnc21. The molecule has 0 aliphatic carbocycles. The van der Waals surface area contributed by atoms with Crippen LogP contribution in [-0.4, -0.2) is 46.0 Å². The average Bonchev–Trinajstić information content (AvgIpc) is 3.33. The van der Waals surface area contributed by atoms with Crippen LogP contribution in [0.25, 0.3) is 0 Å². The van der Waals surface area contributed by atoms with E-state index in [4.69, 9.17) is 4.74 Å². The van der Waals surface area contributed by atoms with Crippen molar-refractivity contribution in [2.24, 2.45) is 5.92 Å².